The van der Waals surface area contributed by atoms with E-state index in [4.69, 9.17) is 29.2 Å². The van der Waals surface area contributed by atoms with Crippen LogP contribution >= 0.6 is 0 Å². The van der Waals surface area contributed by atoms with E-state index in [1.165, 1.54) is 250 Å². The van der Waals surface area contributed by atoms with Gasteiger partial charge in [0.25, 0.3) is 0 Å². The first-order chi connectivity index (χ1) is 37.2. The minimum atomic E-state index is 0.657. The number of aromatic nitrogens is 3. The van der Waals surface area contributed by atoms with Crippen LogP contribution in [-0.2, 0) is 0 Å². The van der Waals surface area contributed by atoms with Crippen molar-refractivity contribution in [2.24, 2.45) is 0 Å². The van der Waals surface area contributed by atoms with Crippen LogP contribution in [0.4, 0.5) is 0 Å². The van der Waals surface area contributed by atoms with Crippen molar-refractivity contribution in [3.63, 3.8) is 0 Å². The van der Waals surface area contributed by atoms with E-state index < -0.39 is 0 Å². The molecule has 6 nitrogen and oxygen atoms in total. The first-order valence-electron chi connectivity index (χ1n) is 32.1. The van der Waals surface area contributed by atoms with Crippen molar-refractivity contribution in [3.8, 4) is 51.2 Å². The summed E-state index contributed by atoms with van der Waals surface area (Å²) in [6, 6.07) is 20.7. The van der Waals surface area contributed by atoms with E-state index in [0.29, 0.717) is 19.8 Å². The van der Waals surface area contributed by atoms with E-state index in [-0.39, 0.29) is 0 Å². The smallest absolute Gasteiger partial charge is 0.203 e. The molecule has 0 unspecified atom stereocenters. The highest BCUT2D eigenvalue weighted by atomic mass is 16.5. The molecule has 0 bridgehead atoms. The number of hydrogen-bond donors (Lipinski definition) is 0. The standard InChI is InChI=1S/C69H111N3O3/c1-4-7-10-13-16-19-22-25-28-31-34-37-40-47-54-73-67-59-62(61-57-65(63-50-43-45-52-70-63)72-66(58-61)64-51-44-46-53-71-64)60-68(74-55-48-41-38-35-32-29-26-23-20-17-14-11-8-5-2)69(67)75-56-49-42-39-36-33-30-27-24-21-18-15-12-9-6-3/h43-46,50-53,57-60H,4-42,47-49,54-56H2,1-3H3. The molecule has 0 amide bonds. The minimum absolute atomic E-state index is 0.657. The van der Waals surface area contributed by atoms with Crippen LogP contribution < -0.4 is 14.2 Å². The molecule has 4 rings (SSSR count). The summed E-state index contributed by atoms with van der Waals surface area (Å²) >= 11 is 0. The highest BCUT2D eigenvalue weighted by Crippen LogP contribution is 2.43. The zero-order chi connectivity index (χ0) is 52.7. The van der Waals surface area contributed by atoms with E-state index in [0.717, 1.165) is 70.4 Å². The van der Waals surface area contributed by atoms with E-state index >= 15 is 0 Å². The van der Waals surface area contributed by atoms with E-state index in [2.05, 4.69) is 45.0 Å². The fourth-order valence-electron chi connectivity index (χ4n) is 10.5. The van der Waals surface area contributed by atoms with E-state index in [1.54, 1.807) is 0 Å². The molecule has 0 saturated carbocycles. The third-order valence-corrected chi connectivity index (χ3v) is 15.3. The number of unbranched alkanes of at least 4 members (excludes halogenated alkanes) is 39. The molecule has 420 valence electrons. The van der Waals surface area contributed by atoms with E-state index in [1.807, 2.05) is 48.8 Å². The topological polar surface area (TPSA) is 66.4 Å². The normalized spacial score (nSPS) is 11.4. The third kappa shape index (κ3) is 30.6. The number of nitrogens with zero attached hydrogens (tertiary/aromatic N) is 3. The number of ether oxygens (including phenoxy) is 3. The molecule has 0 radical (unpaired) electrons. The Labute approximate surface area is 461 Å². The molecule has 3 heterocycles. The van der Waals surface area contributed by atoms with Crippen molar-refractivity contribution in [1.29, 1.82) is 0 Å². The molecular formula is C69H111N3O3. The second kappa shape index (κ2) is 45.1. The third-order valence-electron chi connectivity index (χ3n) is 15.3. The average molecular weight is 1030 g/mol. The molecule has 0 aliphatic carbocycles. The molecule has 3 aromatic heterocycles. The molecule has 6 heteroatoms. The fraction of sp³-hybridized carbons (Fsp3) is 0.696. The number of rotatable bonds is 51. The molecule has 0 spiro atoms. The second-order valence-electron chi connectivity index (χ2n) is 22.2. The Hall–Kier alpha value is -3.93. The molecule has 0 aliphatic rings. The summed E-state index contributed by atoms with van der Waals surface area (Å²) < 4.78 is 20.5. The molecule has 0 aliphatic heterocycles. The Bertz CT molecular complexity index is 1790. The van der Waals surface area contributed by atoms with Gasteiger partial charge >= 0.3 is 0 Å². The predicted octanol–water partition coefficient (Wildman–Crippen LogP) is 22.5. The van der Waals surface area contributed by atoms with Crippen LogP contribution in [0.15, 0.2) is 73.1 Å². The van der Waals surface area contributed by atoms with Crippen molar-refractivity contribution >= 4 is 0 Å². The maximum Gasteiger partial charge on any atom is 0.203 e. The predicted molar refractivity (Wildman–Crippen MR) is 324 cm³/mol. The van der Waals surface area contributed by atoms with Gasteiger partial charge in [0.2, 0.25) is 5.75 Å². The zero-order valence-electron chi connectivity index (χ0n) is 48.8. The second-order valence-corrected chi connectivity index (χ2v) is 22.2. The molecule has 0 N–H and O–H groups in total. The number of hydrogen-bond acceptors (Lipinski definition) is 6. The van der Waals surface area contributed by atoms with Gasteiger partial charge in [-0.2, -0.15) is 0 Å². The van der Waals surface area contributed by atoms with Gasteiger partial charge in [0.15, 0.2) is 11.5 Å². The first kappa shape index (κ1) is 63.6. The highest BCUT2D eigenvalue weighted by Gasteiger charge is 2.19. The summed E-state index contributed by atoms with van der Waals surface area (Å²) in [5.74, 6) is 2.31. The van der Waals surface area contributed by atoms with Gasteiger partial charge in [0, 0.05) is 12.4 Å². The lowest BCUT2D eigenvalue weighted by Crippen LogP contribution is -2.07. The molecule has 0 saturated heterocycles. The lowest BCUT2D eigenvalue weighted by atomic mass is 10.0. The van der Waals surface area contributed by atoms with Crippen LogP contribution in [0.3, 0.4) is 0 Å². The van der Waals surface area contributed by atoms with Crippen molar-refractivity contribution in [3.05, 3.63) is 73.1 Å². The highest BCUT2D eigenvalue weighted by molar-refractivity contribution is 5.77. The molecular weight excluding hydrogens is 919 g/mol. The van der Waals surface area contributed by atoms with Gasteiger partial charge in [-0.05, 0) is 78.9 Å². The van der Waals surface area contributed by atoms with Gasteiger partial charge in [-0.1, -0.05) is 283 Å². The van der Waals surface area contributed by atoms with Gasteiger partial charge < -0.3 is 14.2 Å². The van der Waals surface area contributed by atoms with E-state index in [9.17, 15) is 0 Å². The molecule has 0 atom stereocenters. The summed E-state index contributed by atoms with van der Waals surface area (Å²) in [5.41, 5.74) is 5.31. The van der Waals surface area contributed by atoms with Crippen LogP contribution in [0.5, 0.6) is 17.2 Å². The maximum absolute atomic E-state index is 6.83. The fourth-order valence-corrected chi connectivity index (χ4v) is 10.5. The van der Waals surface area contributed by atoms with Crippen molar-refractivity contribution in [2.45, 2.75) is 290 Å². The maximum atomic E-state index is 6.83. The zero-order valence-corrected chi connectivity index (χ0v) is 48.8. The quantitative estimate of drug-likeness (QED) is 0.0411. The Morgan fingerprint density at radius 3 is 0.827 bits per heavy atom. The van der Waals surface area contributed by atoms with Crippen molar-refractivity contribution in [1.82, 2.24) is 15.0 Å². The van der Waals surface area contributed by atoms with Crippen molar-refractivity contribution < 1.29 is 14.2 Å². The molecule has 75 heavy (non-hydrogen) atoms. The van der Waals surface area contributed by atoms with Gasteiger partial charge in [-0.15, -0.1) is 0 Å². The average Bonchev–Trinajstić information content (AvgIpc) is 3.44. The summed E-state index contributed by atoms with van der Waals surface area (Å²) in [5, 5.41) is 0. The van der Waals surface area contributed by atoms with Crippen LogP contribution in [0.25, 0.3) is 33.9 Å². The van der Waals surface area contributed by atoms with Gasteiger partial charge in [0.05, 0.1) is 42.6 Å². The summed E-state index contributed by atoms with van der Waals surface area (Å²) in [6.07, 6.45) is 59.8. The molecule has 4 aromatic rings. The lowest BCUT2D eigenvalue weighted by molar-refractivity contribution is 0.234. The first-order valence-corrected chi connectivity index (χ1v) is 32.1. The Morgan fingerprint density at radius 1 is 0.280 bits per heavy atom. The Morgan fingerprint density at radius 2 is 0.547 bits per heavy atom. The summed E-state index contributed by atoms with van der Waals surface area (Å²) in [4.78, 5) is 14.5. The largest absolute Gasteiger partial charge is 0.490 e. The van der Waals surface area contributed by atoms with Crippen LogP contribution in [0.1, 0.15) is 290 Å². The van der Waals surface area contributed by atoms with Crippen LogP contribution in [-0.4, -0.2) is 34.8 Å². The van der Waals surface area contributed by atoms with Crippen LogP contribution in [0.2, 0.25) is 0 Å². The van der Waals surface area contributed by atoms with Gasteiger partial charge in [-0.3, -0.25) is 9.97 Å². The Balaban J connectivity index is 1.42. The van der Waals surface area contributed by atoms with Crippen LogP contribution in [0, 0.1) is 0 Å². The number of pyridine rings is 3. The van der Waals surface area contributed by atoms with Gasteiger partial charge in [-0.25, -0.2) is 4.98 Å². The molecule has 1 aromatic carbocycles. The minimum Gasteiger partial charge on any atom is -0.490 e. The Kier molecular flexibility index (Phi) is 38.3. The molecule has 0 fully saturated rings. The summed E-state index contributed by atoms with van der Waals surface area (Å²) in [7, 11) is 0. The van der Waals surface area contributed by atoms with Gasteiger partial charge in [0.1, 0.15) is 0 Å². The number of benzene rings is 1. The monoisotopic (exact) mass is 1030 g/mol. The summed E-state index contributed by atoms with van der Waals surface area (Å²) in [6.45, 7) is 8.88. The SMILES string of the molecule is CCCCCCCCCCCCCCCCOc1cc(-c2cc(-c3ccccn3)nc(-c3ccccn3)c2)cc(OCCCCCCCCCCCCCCCC)c1OCCCCCCCCCCCCCCCC. The lowest BCUT2D eigenvalue weighted by Gasteiger charge is -2.19. The van der Waals surface area contributed by atoms with Crippen molar-refractivity contribution in [2.75, 3.05) is 19.8 Å².